The molecule has 2 atom stereocenters. The van der Waals surface area contributed by atoms with Crippen LogP contribution in [0.1, 0.15) is 34.8 Å². The number of nitrogens with two attached hydrogens (primary N) is 2. The van der Waals surface area contributed by atoms with E-state index in [-0.39, 0.29) is 53.7 Å². The highest BCUT2D eigenvalue weighted by molar-refractivity contribution is 7.90. The summed E-state index contributed by atoms with van der Waals surface area (Å²) in [4.78, 5) is 41.9. The molecule has 0 saturated heterocycles. The van der Waals surface area contributed by atoms with E-state index in [9.17, 15) is 26.0 Å². The normalized spacial score (nSPS) is 20.9. The molecule has 1 aromatic carbocycles. The first-order chi connectivity index (χ1) is 27.7. The number of halogens is 2. The van der Waals surface area contributed by atoms with E-state index in [0.717, 1.165) is 25.2 Å². The van der Waals surface area contributed by atoms with Crippen LogP contribution in [0.25, 0.3) is 21.6 Å². The smallest absolute Gasteiger partial charge is 0.275 e. The van der Waals surface area contributed by atoms with Crippen molar-refractivity contribution in [1.29, 1.82) is 0 Å². The number of hydrogen-bond donors (Lipinski definition) is 5. The number of ether oxygens (including phenoxy) is 2. The first-order valence-corrected chi connectivity index (χ1v) is 21.6. The Labute approximate surface area is 346 Å². The number of H-pyrrole nitrogens is 1. The van der Waals surface area contributed by atoms with Gasteiger partial charge in [-0.05, 0) is 44.2 Å². The summed E-state index contributed by atoms with van der Waals surface area (Å²) in [6.45, 7) is 3.01. The van der Waals surface area contributed by atoms with Crippen LogP contribution >= 0.6 is 22.9 Å². The van der Waals surface area contributed by atoms with Crippen LogP contribution in [0.3, 0.4) is 0 Å². The molecule has 0 spiro atoms. The van der Waals surface area contributed by atoms with E-state index in [1.165, 1.54) is 70.3 Å². The molecular weight excluding hydrogens is 855 g/mol. The summed E-state index contributed by atoms with van der Waals surface area (Å²) in [7, 11) is -3.20. The van der Waals surface area contributed by atoms with E-state index in [1.807, 2.05) is 6.07 Å². The second-order valence-corrected chi connectivity index (χ2v) is 19.0. The first-order valence-electron chi connectivity index (χ1n) is 17.2. The van der Waals surface area contributed by atoms with Gasteiger partial charge >= 0.3 is 0 Å². The summed E-state index contributed by atoms with van der Waals surface area (Å²) < 4.78 is 76.4. The number of hydrogen-bond acceptors (Lipinski definition) is 17. The van der Waals surface area contributed by atoms with Crippen molar-refractivity contribution in [2.45, 2.75) is 24.9 Å². The third-order valence-corrected chi connectivity index (χ3v) is 14.9. The van der Waals surface area contributed by atoms with Gasteiger partial charge in [-0.15, -0.1) is 11.3 Å². The minimum atomic E-state index is -3.80. The molecule has 0 saturated carbocycles. The van der Waals surface area contributed by atoms with Gasteiger partial charge in [0.15, 0.2) is 0 Å². The Morgan fingerprint density at radius 3 is 2.27 bits per heavy atom. The van der Waals surface area contributed by atoms with Crippen LogP contribution in [0.15, 0.2) is 59.0 Å². The first kappa shape index (κ1) is 42.9. The number of nitrogens with zero attached hydrogens (tertiary/aromatic N) is 8. The van der Waals surface area contributed by atoms with Gasteiger partial charge in [0.05, 0.1) is 63.6 Å². The molecule has 5 aromatic rings. The van der Waals surface area contributed by atoms with Gasteiger partial charge in [0.2, 0.25) is 43.7 Å². The SMILES string of the molecule is CN1C(N)=N[C@](C)(c2cc(NC(=O)c3cnc(OCCO)cn3)ccc2F)CS1(=O)=O.COc1ncnc2cc(-c3cc(Cl)c([C@]4(C)CS(=O)(=O)N(C)C(N)=N4)s3)[nH]c12. The summed E-state index contributed by atoms with van der Waals surface area (Å²) in [5.41, 5.74) is 11.3. The highest BCUT2D eigenvalue weighted by Crippen LogP contribution is 2.44. The van der Waals surface area contributed by atoms with Crippen molar-refractivity contribution in [2.24, 2.45) is 21.5 Å². The lowest BCUT2D eigenvalue weighted by Gasteiger charge is -2.34. The number of carbonyl (C=O) groups is 1. The molecule has 314 valence electrons. The van der Waals surface area contributed by atoms with Crippen LogP contribution in [-0.2, 0) is 31.1 Å². The van der Waals surface area contributed by atoms with Crippen LogP contribution in [-0.4, -0.2) is 119 Å². The second-order valence-electron chi connectivity index (χ2n) is 13.5. The third-order valence-electron chi connectivity index (χ3n) is 9.15. The fourth-order valence-corrected chi connectivity index (χ4v) is 10.7. The molecular formula is C34H38ClFN12O8S3. The molecule has 4 aromatic heterocycles. The van der Waals surface area contributed by atoms with Crippen LogP contribution in [0.5, 0.6) is 11.8 Å². The lowest BCUT2D eigenvalue weighted by atomic mass is 9.93. The molecule has 6 heterocycles. The van der Waals surface area contributed by atoms with E-state index in [1.54, 1.807) is 13.0 Å². The predicted octanol–water partition coefficient (Wildman–Crippen LogP) is 2.20. The van der Waals surface area contributed by atoms with Gasteiger partial charge in [-0.25, -0.2) is 54.8 Å². The van der Waals surface area contributed by atoms with Crippen molar-refractivity contribution >= 4 is 77.5 Å². The third kappa shape index (κ3) is 8.71. The number of amides is 1. The number of nitrogens with one attached hydrogen (secondary N) is 2. The average Bonchev–Trinajstić information content (AvgIpc) is 3.80. The fraction of sp³-hybridized carbons (Fsp3) is 0.324. The summed E-state index contributed by atoms with van der Waals surface area (Å²) in [5.74, 6) is -1.78. The maximum absolute atomic E-state index is 14.6. The highest BCUT2D eigenvalue weighted by Gasteiger charge is 2.43. The number of sulfonamides is 2. The molecule has 0 aliphatic carbocycles. The van der Waals surface area contributed by atoms with E-state index in [4.69, 9.17) is 37.6 Å². The number of carbonyl (C=O) groups excluding carboxylic acids is 1. The molecule has 1 amide bonds. The van der Waals surface area contributed by atoms with Crippen LogP contribution < -0.4 is 26.3 Å². The lowest BCUT2D eigenvalue weighted by molar-refractivity contribution is 0.102. The maximum Gasteiger partial charge on any atom is 0.275 e. The molecule has 2 aliphatic rings. The van der Waals surface area contributed by atoms with E-state index < -0.39 is 48.6 Å². The Balaban J connectivity index is 0.000000199. The number of aromatic nitrogens is 5. The summed E-state index contributed by atoms with van der Waals surface area (Å²) in [6.07, 6.45) is 3.83. The average molecular weight is 893 g/mol. The van der Waals surface area contributed by atoms with Gasteiger partial charge in [0.1, 0.15) is 41.0 Å². The Kier molecular flexibility index (Phi) is 11.8. The number of aliphatic hydroxyl groups excluding tert-OH is 1. The van der Waals surface area contributed by atoms with Gasteiger partial charge in [-0.3, -0.25) is 4.79 Å². The number of anilines is 1. The minimum Gasteiger partial charge on any atom is -0.479 e. The number of rotatable bonds is 9. The monoisotopic (exact) mass is 892 g/mol. The summed E-state index contributed by atoms with van der Waals surface area (Å²) in [6, 6.07) is 7.36. The fourth-order valence-electron chi connectivity index (χ4n) is 6.10. The zero-order valence-corrected chi connectivity index (χ0v) is 35.2. The van der Waals surface area contributed by atoms with Gasteiger partial charge in [0.25, 0.3) is 5.91 Å². The molecule has 59 heavy (non-hydrogen) atoms. The molecule has 0 bridgehead atoms. The van der Waals surface area contributed by atoms with Crippen molar-refractivity contribution in [3.05, 3.63) is 76.0 Å². The summed E-state index contributed by atoms with van der Waals surface area (Å²) in [5, 5.41) is 11.7. The topological polar surface area (TPSA) is 287 Å². The van der Waals surface area contributed by atoms with Crippen molar-refractivity contribution in [2.75, 3.05) is 51.2 Å². The molecule has 0 fully saturated rings. The Bertz CT molecular complexity index is 2710. The van der Waals surface area contributed by atoms with Gasteiger partial charge < -0.3 is 36.3 Å². The predicted molar refractivity (Wildman–Crippen MR) is 219 cm³/mol. The van der Waals surface area contributed by atoms with Crippen LogP contribution in [0, 0.1) is 5.82 Å². The number of aliphatic imine (C=N–C) groups is 2. The van der Waals surface area contributed by atoms with E-state index >= 15 is 0 Å². The van der Waals surface area contributed by atoms with Crippen molar-refractivity contribution < 1.29 is 40.6 Å². The molecule has 0 unspecified atom stereocenters. The quantitative estimate of drug-likeness (QED) is 0.142. The van der Waals surface area contributed by atoms with Gasteiger partial charge in [0, 0.05) is 25.3 Å². The lowest BCUT2D eigenvalue weighted by Crippen LogP contribution is -2.50. The minimum absolute atomic E-state index is 0.0300. The largest absolute Gasteiger partial charge is 0.479 e. The Morgan fingerprint density at radius 2 is 1.66 bits per heavy atom. The molecule has 25 heteroatoms. The van der Waals surface area contributed by atoms with Crippen molar-refractivity contribution in [3.8, 4) is 22.3 Å². The molecule has 0 radical (unpaired) electrons. The van der Waals surface area contributed by atoms with E-state index in [0.29, 0.717) is 26.8 Å². The van der Waals surface area contributed by atoms with Gasteiger partial charge in [-0.1, -0.05) is 11.6 Å². The maximum atomic E-state index is 14.6. The van der Waals surface area contributed by atoms with Crippen LogP contribution in [0.2, 0.25) is 5.02 Å². The Hall–Kier alpha value is -5.69. The molecule has 2 aliphatic heterocycles. The number of fused-ring (bicyclic) bond motifs is 1. The summed E-state index contributed by atoms with van der Waals surface area (Å²) >= 11 is 7.83. The number of benzene rings is 1. The molecule has 7 N–H and O–H groups in total. The zero-order chi connectivity index (χ0) is 43.1. The number of guanidine groups is 2. The molecule has 7 rings (SSSR count). The number of thiophene rings is 1. The van der Waals surface area contributed by atoms with Crippen molar-refractivity contribution in [1.82, 2.24) is 33.5 Å². The van der Waals surface area contributed by atoms with Crippen molar-refractivity contribution in [3.63, 3.8) is 0 Å². The van der Waals surface area contributed by atoms with Gasteiger partial charge in [-0.2, -0.15) is 4.98 Å². The zero-order valence-electron chi connectivity index (χ0n) is 32.0. The number of aliphatic hydroxyl groups is 1. The standard InChI is InChI=1S/C18H21FN6O5S.C16H17ClN6O3S2/c1-18(10-31(28,29)25(2)17(20)24-18)12-7-11(3-4-13(12)19)23-16(27)14-8-22-15(9-21-14)30-6-5-26;1-16(6-28(24,25)23(2)15(18)22-16)13-8(17)4-11(27-13)9-5-10-12(21-9)14(26-3)20-7-19-10/h3-4,7-9,26H,5-6,10H2,1-2H3,(H2,20,24)(H,23,27);4-5,7,21H,6H2,1-3H3,(H2,18,22)/t18-;16-/m00/s1. The molecule has 20 nitrogen and oxygen atoms in total. The Morgan fingerprint density at radius 1 is 1.00 bits per heavy atom. The number of aromatic amines is 1. The highest BCUT2D eigenvalue weighted by atomic mass is 35.5. The van der Waals surface area contributed by atoms with E-state index in [2.05, 4.69) is 40.2 Å². The van der Waals surface area contributed by atoms with Crippen LogP contribution in [0.4, 0.5) is 10.1 Å². The number of methoxy groups -OCH3 is 1. The second kappa shape index (κ2) is 16.2.